The molecule has 2 aromatic heterocycles. The van der Waals surface area contributed by atoms with E-state index in [1.807, 2.05) is 41.6 Å². The Balaban J connectivity index is 1.67. The van der Waals surface area contributed by atoms with E-state index in [1.165, 1.54) is 0 Å². The molecule has 1 aliphatic rings. The molecule has 8 heteroatoms. The van der Waals surface area contributed by atoms with Gasteiger partial charge in [-0.05, 0) is 30.0 Å². The van der Waals surface area contributed by atoms with E-state index in [0.717, 1.165) is 28.7 Å². The third-order valence-electron chi connectivity index (χ3n) is 4.84. The van der Waals surface area contributed by atoms with Crippen LogP contribution in [0.5, 0.6) is 0 Å². The zero-order valence-corrected chi connectivity index (χ0v) is 16.0. The summed E-state index contributed by atoms with van der Waals surface area (Å²) in [5.41, 5.74) is 10.2. The number of hydrogen-bond acceptors (Lipinski definition) is 5. The zero-order chi connectivity index (χ0) is 19.0. The molecular weight excluding hydrogens is 360 g/mol. The molecule has 140 valence electrons. The minimum Gasteiger partial charge on any atom is -0.382 e. The number of nitrogens with two attached hydrogens (primary N) is 1. The number of nitrogen functional groups attached to an aromatic ring is 1. The Bertz CT molecular complexity index is 1100. The van der Waals surface area contributed by atoms with Gasteiger partial charge in [0.15, 0.2) is 11.6 Å². The minimum atomic E-state index is -2.18. The molecule has 7 nitrogen and oxygen atoms in total. The number of imidazole rings is 1. The molecule has 3 aromatic rings. The Kier molecular flexibility index (Phi) is 4.45. The van der Waals surface area contributed by atoms with Crippen LogP contribution in [-0.4, -0.2) is 53.2 Å². The van der Waals surface area contributed by atoms with Gasteiger partial charge in [-0.1, -0.05) is 25.1 Å². The molecule has 0 fully saturated rings. The second kappa shape index (κ2) is 6.79. The average molecular weight is 382 g/mol. The number of anilines is 1. The van der Waals surface area contributed by atoms with Crippen molar-refractivity contribution in [2.75, 3.05) is 24.6 Å². The van der Waals surface area contributed by atoms with Crippen LogP contribution in [0.25, 0.3) is 28.1 Å². The average Bonchev–Trinajstić information content (AvgIpc) is 3.12. The zero-order valence-electron chi connectivity index (χ0n) is 15.2. The predicted molar refractivity (Wildman–Crippen MR) is 112 cm³/mol. The lowest BCUT2D eigenvalue weighted by molar-refractivity contribution is 0.481. The smallest absolute Gasteiger partial charge is 0.161 e. The molecule has 1 aliphatic heterocycles. The fourth-order valence-corrected chi connectivity index (χ4v) is 4.30. The van der Waals surface area contributed by atoms with Gasteiger partial charge in [0.1, 0.15) is 5.69 Å². The fraction of sp³-hybridized carbons (Fsp3) is 0.263. The highest BCUT2D eigenvalue weighted by Gasteiger charge is 2.20. The summed E-state index contributed by atoms with van der Waals surface area (Å²) in [6, 6.07) is 7.78. The van der Waals surface area contributed by atoms with Crippen LogP contribution in [-0.2, 0) is 9.71 Å². The van der Waals surface area contributed by atoms with Gasteiger partial charge < -0.3 is 10.7 Å². The van der Waals surface area contributed by atoms with Gasteiger partial charge in [-0.3, -0.25) is 4.21 Å². The molecule has 0 radical (unpaired) electrons. The van der Waals surface area contributed by atoms with E-state index in [2.05, 4.69) is 20.8 Å². The maximum atomic E-state index is 12.5. The van der Waals surface area contributed by atoms with E-state index >= 15 is 0 Å². The van der Waals surface area contributed by atoms with Gasteiger partial charge >= 0.3 is 0 Å². The number of benzene rings is 1. The van der Waals surface area contributed by atoms with Gasteiger partial charge in [0.2, 0.25) is 0 Å². The highest BCUT2D eigenvalue weighted by atomic mass is 32.2. The van der Waals surface area contributed by atoms with Crippen LogP contribution >= 0.6 is 0 Å². The lowest BCUT2D eigenvalue weighted by Gasteiger charge is -2.28. The predicted octanol–water partition coefficient (Wildman–Crippen LogP) is 2.34. The third-order valence-corrected chi connectivity index (χ3v) is 7.01. The number of H-pyrrole nitrogens is 1. The van der Waals surface area contributed by atoms with Gasteiger partial charge in [0.05, 0.1) is 22.9 Å². The summed E-state index contributed by atoms with van der Waals surface area (Å²) in [5, 5.41) is 0. The molecule has 0 bridgehead atoms. The highest BCUT2D eigenvalue weighted by Crippen LogP contribution is 2.27. The summed E-state index contributed by atoms with van der Waals surface area (Å²) in [6.07, 6.45) is 4.47. The van der Waals surface area contributed by atoms with Crippen LogP contribution in [0.15, 0.2) is 36.5 Å². The summed E-state index contributed by atoms with van der Waals surface area (Å²) >= 11 is 0. The number of nitrogens with zero attached hydrogens (tertiary/aromatic N) is 4. The first-order chi connectivity index (χ1) is 13.0. The van der Waals surface area contributed by atoms with Gasteiger partial charge in [0.25, 0.3) is 0 Å². The number of hydrogen-bond donors (Lipinski definition) is 2. The molecule has 0 saturated carbocycles. The molecule has 4 rings (SSSR count). The van der Waals surface area contributed by atoms with Crippen LogP contribution < -0.4 is 5.73 Å². The Morgan fingerprint density at radius 2 is 2.15 bits per heavy atom. The van der Waals surface area contributed by atoms with E-state index < -0.39 is 9.71 Å². The summed E-state index contributed by atoms with van der Waals surface area (Å²) in [5.74, 6) is 5.35. The second-order valence-corrected chi connectivity index (χ2v) is 9.16. The number of para-hydroxylation sites is 2. The van der Waals surface area contributed by atoms with Crippen LogP contribution in [0.1, 0.15) is 19.0 Å². The van der Waals surface area contributed by atoms with Gasteiger partial charge in [-0.15, -0.1) is 0 Å². The van der Waals surface area contributed by atoms with Crippen molar-refractivity contribution in [3.8, 4) is 11.5 Å². The van der Waals surface area contributed by atoms with Crippen molar-refractivity contribution in [2.24, 2.45) is 0 Å². The van der Waals surface area contributed by atoms with E-state index in [-0.39, 0.29) is 0 Å². The SMILES string of the molecule is C=S(=O)(CC)N1CC=C(c2cnc(N)c(-c3nc4ccccc4[nH]3)n2)CC1. The van der Waals surface area contributed by atoms with Crippen molar-refractivity contribution in [3.05, 3.63) is 42.2 Å². The van der Waals surface area contributed by atoms with E-state index in [0.29, 0.717) is 36.2 Å². The van der Waals surface area contributed by atoms with E-state index in [9.17, 15) is 4.21 Å². The molecule has 0 spiro atoms. The fourth-order valence-electron chi connectivity index (χ4n) is 3.16. The first kappa shape index (κ1) is 17.7. The molecule has 1 atom stereocenters. The molecule has 0 saturated heterocycles. The third kappa shape index (κ3) is 3.33. The minimum absolute atomic E-state index is 0.336. The van der Waals surface area contributed by atoms with Crippen molar-refractivity contribution in [3.63, 3.8) is 0 Å². The lowest BCUT2D eigenvalue weighted by atomic mass is 10.1. The Hall–Kier alpha value is -2.71. The van der Waals surface area contributed by atoms with Crippen molar-refractivity contribution in [2.45, 2.75) is 13.3 Å². The first-order valence-electron chi connectivity index (χ1n) is 8.85. The van der Waals surface area contributed by atoms with Crippen LogP contribution in [0.4, 0.5) is 5.82 Å². The normalized spacial score (nSPS) is 17.6. The van der Waals surface area contributed by atoms with Crippen molar-refractivity contribution in [1.82, 2.24) is 24.2 Å². The van der Waals surface area contributed by atoms with Gasteiger partial charge in [-0.25, -0.2) is 19.3 Å². The number of fused-ring (bicyclic) bond motifs is 1. The lowest BCUT2D eigenvalue weighted by Crippen LogP contribution is -2.35. The quantitative estimate of drug-likeness (QED) is 0.675. The van der Waals surface area contributed by atoms with Gasteiger partial charge in [-0.2, -0.15) is 0 Å². The number of aromatic amines is 1. The topological polar surface area (TPSA) is 101 Å². The number of nitrogens with one attached hydrogen (secondary N) is 1. The summed E-state index contributed by atoms with van der Waals surface area (Å²) in [6.45, 7) is 3.19. The van der Waals surface area contributed by atoms with Crippen LogP contribution in [0, 0.1) is 0 Å². The largest absolute Gasteiger partial charge is 0.382 e. The van der Waals surface area contributed by atoms with Crippen molar-refractivity contribution >= 4 is 38.0 Å². The van der Waals surface area contributed by atoms with Crippen LogP contribution in [0.2, 0.25) is 0 Å². The monoisotopic (exact) mass is 382 g/mol. The standard InChI is InChI=1S/C19H22N6OS/c1-3-27(2,26)25-10-8-13(9-11-25)16-12-21-18(20)17(22-16)19-23-14-6-4-5-7-15(14)24-19/h4-8,12H,2-3,9-11H2,1H3,(H2,20,21)(H,23,24). The maximum absolute atomic E-state index is 12.5. The molecule has 0 aliphatic carbocycles. The van der Waals surface area contributed by atoms with E-state index in [4.69, 9.17) is 10.7 Å². The Labute approximate surface area is 158 Å². The van der Waals surface area contributed by atoms with Crippen molar-refractivity contribution in [1.29, 1.82) is 0 Å². The molecule has 27 heavy (non-hydrogen) atoms. The van der Waals surface area contributed by atoms with Crippen molar-refractivity contribution < 1.29 is 4.21 Å². The number of rotatable bonds is 4. The second-order valence-electron chi connectivity index (χ2n) is 6.52. The molecule has 3 heterocycles. The Morgan fingerprint density at radius 1 is 1.33 bits per heavy atom. The van der Waals surface area contributed by atoms with Crippen LogP contribution in [0.3, 0.4) is 0 Å². The molecule has 3 N–H and O–H groups in total. The molecule has 1 unspecified atom stereocenters. The first-order valence-corrected chi connectivity index (χ1v) is 10.7. The molecular formula is C19H22N6OS. The Morgan fingerprint density at radius 3 is 2.85 bits per heavy atom. The highest BCUT2D eigenvalue weighted by molar-refractivity contribution is 7.98. The summed E-state index contributed by atoms with van der Waals surface area (Å²) in [4.78, 5) is 16.9. The maximum Gasteiger partial charge on any atom is 0.161 e. The molecule has 1 aromatic carbocycles. The summed E-state index contributed by atoms with van der Waals surface area (Å²) in [7, 11) is -2.18. The molecule has 0 amide bonds. The number of aromatic nitrogens is 4. The van der Waals surface area contributed by atoms with Gasteiger partial charge in [0, 0.05) is 28.6 Å². The van der Waals surface area contributed by atoms with E-state index in [1.54, 1.807) is 6.20 Å². The summed E-state index contributed by atoms with van der Waals surface area (Å²) < 4.78 is 14.4.